The summed E-state index contributed by atoms with van der Waals surface area (Å²) in [6, 6.07) is 5.91. The number of carbonyl (C=O) groups is 1. The molecule has 0 radical (unpaired) electrons. The maximum Gasteiger partial charge on any atom is 0.224 e. The molecule has 0 aromatic heterocycles. The molecule has 1 aromatic rings. The van der Waals surface area contributed by atoms with Crippen LogP contribution in [-0.4, -0.2) is 12.5 Å². The zero-order valence-electron chi connectivity index (χ0n) is 9.92. The molecular weight excluding hydrogens is 219 g/mol. The fourth-order valence-electron chi connectivity index (χ4n) is 1.57. The molecular formula is C13H19FN2O. The van der Waals surface area contributed by atoms with Crippen molar-refractivity contribution >= 4 is 11.6 Å². The third kappa shape index (κ3) is 6.02. The first-order chi connectivity index (χ1) is 8.22. The molecule has 0 aliphatic carbocycles. The van der Waals surface area contributed by atoms with Gasteiger partial charge in [0.05, 0.1) is 0 Å². The molecule has 1 amide bonds. The van der Waals surface area contributed by atoms with Crippen molar-refractivity contribution in [3.8, 4) is 0 Å². The molecule has 0 spiro atoms. The second-order valence-electron chi connectivity index (χ2n) is 4.01. The summed E-state index contributed by atoms with van der Waals surface area (Å²) in [6.07, 6.45) is 4.39. The van der Waals surface area contributed by atoms with Gasteiger partial charge in [-0.15, -0.1) is 0 Å². The van der Waals surface area contributed by atoms with Crippen LogP contribution in [0.1, 0.15) is 32.1 Å². The van der Waals surface area contributed by atoms with E-state index in [1.807, 2.05) is 0 Å². The van der Waals surface area contributed by atoms with Gasteiger partial charge in [0.25, 0.3) is 0 Å². The van der Waals surface area contributed by atoms with Gasteiger partial charge in [-0.2, -0.15) is 0 Å². The second-order valence-corrected chi connectivity index (χ2v) is 4.01. The monoisotopic (exact) mass is 238 g/mol. The highest BCUT2D eigenvalue weighted by Crippen LogP contribution is 2.10. The number of hydrogen-bond acceptors (Lipinski definition) is 2. The number of amides is 1. The maximum atomic E-state index is 12.8. The van der Waals surface area contributed by atoms with E-state index in [1.54, 1.807) is 12.1 Å². The average Bonchev–Trinajstić information content (AvgIpc) is 2.29. The smallest absolute Gasteiger partial charge is 0.224 e. The summed E-state index contributed by atoms with van der Waals surface area (Å²) in [5.74, 6) is -0.408. The summed E-state index contributed by atoms with van der Waals surface area (Å²) in [5, 5.41) is 2.67. The van der Waals surface area contributed by atoms with Crippen LogP contribution in [0, 0.1) is 5.82 Å². The molecule has 0 bridgehead atoms. The van der Waals surface area contributed by atoms with Crippen molar-refractivity contribution in [2.45, 2.75) is 32.1 Å². The van der Waals surface area contributed by atoms with Gasteiger partial charge in [0.15, 0.2) is 0 Å². The lowest BCUT2D eigenvalue weighted by molar-refractivity contribution is -0.116. The topological polar surface area (TPSA) is 55.1 Å². The molecule has 17 heavy (non-hydrogen) atoms. The quantitative estimate of drug-likeness (QED) is 0.717. The fourth-order valence-corrected chi connectivity index (χ4v) is 1.57. The van der Waals surface area contributed by atoms with Crippen molar-refractivity contribution in [2.24, 2.45) is 5.73 Å². The number of nitrogens with one attached hydrogen (secondary N) is 1. The van der Waals surface area contributed by atoms with E-state index >= 15 is 0 Å². The van der Waals surface area contributed by atoms with Crippen molar-refractivity contribution in [1.82, 2.24) is 0 Å². The summed E-state index contributed by atoms with van der Waals surface area (Å²) in [6.45, 7) is 0.704. The minimum Gasteiger partial charge on any atom is -0.330 e. The largest absolute Gasteiger partial charge is 0.330 e. The van der Waals surface area contributed by atoms with Crippen LogP contribution in [0.15, 0.2) is 24.3 Å². The lowest BCUT2D eigenvalue weighted by Gasteiger charge is -2.05. The van der Waals surface area contributed by atoms with Gasteiger partial charge in [0, 0.05) is 12.1 Å². The zero-order chi connectivity index (χ0) is 12.5. The third-order valence-electron chi connectivity index (χ3n) is 2.47. The molecule has 3 N–H and O–H groups in total. The average molecular weight is 238 g/mol. The molecule has 0 aliphatic rings. The highest BCUT2D eigenvalue weighted by molar-refractivity contribution is 5.90. The molecule has 0 atom stereocenters. The van der Waals surface area contributed by atoms with Crippen LogP contribution in [-0.2, 0) is 4.79 Å². The van der Waals surface area contributed by atoms with Gasteiger partial charge in [-0.25, -0.2) is 4.39 Å². The molecule has 1 rings (SSSR count). The minimum atomic E-state index is -0.342. The predicted octanol–water partition coefficient (Wildman–Crippen LogP) is 2.67. The Morgan fingerprint density at radius 3 is 2.71 bits per heavy atom. The van der Waals surface area contributed by atoms with Gasteiger partial charge in [-0.3, -0.25) is 4.79 Å². The predicted molar refractivity (Wildman–Crippen MR) is 67.2 cm³/mol. The van der Waals surface area contributed by atoms with Gasteiger partial charge < -0.3 is 11.1 Å². The molecule has 1 aromatic carbocycles. The van der Waals surface area contributed by atoms with Crippen LogP contribution in [0.2, 0.25) is 0 Å². The molecule has 0 aliphatic heterocycles. The Labute approximate surface area is 101 Å². The molecule has 94 valence electrons. The van der Waals surface area contributed by atoms with E-state index in [0.717, 1.165) is 25.7 Å². The summed E-state index contributed by atoms with van der Waals surface area (Å²) in [7, 11) is 0. The lowest BCUT2D eigenvalue weighted by atomic mass is 10.1. The Balaban J connectivity index is 2.21. The number of benzene rings is 1. The van der Waals surface area contributed by atoms with Crippen LogP contribution >= 0.6 is 0 Å². The maximum absolute atomic E-state index is 12.8. The van der Waals surface area contributed by atoms with E-state index in [4.69, 9.17) is 5.73 Å². The summed E-state index contributed by atoms with van der Waals surface area (Å²) >= 11 is 0. The number of carbonyl (C=O) groups excluding carboxylic acids is 1. The second kappa shape index (κ2) is 7.79. The van der Waals surface area contributed by atoms with Crippen molar-refractivity contribution in [3.05, 3.63) is 30.1 Å². The van der Waals surface area contributed by atoms with Crippen LogP contribution in [0.5, 0.6) is 0 Å². The first-order valence-electron chi connectivity index (χ1n) is 5.98. The van der Waals surface area contributed by atoms with E-state index in [2.05, 4.69) is 5.32 Å². The van der Waals surface area contributed by atoms with Crippen LogP contribution in [0.25, 0.3) is 0 Å². The van der Waals surface area contributed by atoms with Gasteiger partial charge >= 0.3 is 0 Å². The number of rotatable bonds is 7. The number of unbranched alkanes of at least 4 members (excludes halogenated alkanes) is 3. The van der Waals surface area contributed by atoms with E-state index in [9.17, 15) is 9.18 Å². The molecule has 0 unspecified atom stereocenters. The van der Waals surface area contributed by atoms with Gasteiger partial charge in [0.1, 0.15) is 5.82 Å². The standard InChI is InChI=1S/C13H19FN2O/c14-11-6-5-7-12(10-11)16-13(17)8-3-1-2-4-9-15/h5-7,10H,1-4,8-9,15H2,(H,16,17). The Hall–Kier alpha value is -1.42. The minimum absolute atomic E-state index is 0.0663. The van der Waals surface area contributed by atoms with Gasteiger partial charge in [-0.1, -0.05) is 18.9 Å². The van der Waals surface area contributed by atoms with Crippen LogP contribution in [0.4, 0.5) is 10.1 Å². The van der Waals surface area contributed by atoms with Crippen molar-refractivity contribution in [3.63, 3.8) is 0 Å². The Kier molecular flexibility index (Phi) is 6.25. The Morgan fingerprint density at radius 2 is 2.00 bits per heavy atom. The summed E-state index contributed by atoms with van der Waals surface area (Å²) in [5.41, 5.74) is 5.88. The Bertz CT molecular complexity index is 355. The van der Waals surface area contributed by atoms with Gasteiger partial charge in [0.2, 0.25) is 5.91 Å². The van der Waals surface area contributed by atoms with Crippen molar-refractivity contribution in [2.75, 3.05) is 11.9 Å². The summed E-state index contributed by atoms with van der Waals surface area (Å²) < 4.78 is 12.8. The molecule has 0 saturated carbocycles. The molecule has 4 heteroatoms. The highest BCUT2D eigenvalue weighted by atomic mass is 19.1. The first-order valence-corrected chi connectivity index (χ1v) is 5.98. The van der Waals surface area contributed by atoms with E-state index < -0.39 is 0 Å². The van der Waals surface area contributed by atoms with Crippen LogP contribution in [0.3, 0.4) is 0 Å². The van der Waals surface area contributed by atoms with E-state index in [-0.39, 0.29) is 11.7 Å². The van der Waals surface area contributed by atoms with Crippen molar-refractivity contribution < 1.29 is 9.18 Å². The van der Waals surface area contributed by atoms with Crippen molar-refractivity contribution in [1.29, 1.82) is 0 Å². The van der Waals surface area contributed by atoms with E-state index in [1.165, 1.54) is 12.1 Å². The number of halogens is 1. The molecule has 0 saturated heterocycles. The fraction of sp³-hybridized carbons (Fsp3) is 0.462. The Morgan fingerprint density at radius 1 is 1.24 bits per heavy atom. The molecule has 3 nitrogen and oxygen atoms in total. The van der Waals surface area contributed by atoms with E-state index in [0.29, 0.717) is 18.7 Å². The molecule has 0 fully saturated rings. The first kappa shape index (κ1) is 13.6. The normalized spacial score (nSPS) is 10.2. The molecule has 0 heterocycles. The third-order valence-corrected chi connectivity index (χ3v) is 2.47. The summed E-state index contributed by atoms with van der Waals surface area (Å²) in [4.78, 5) is 11.5. The highest BCUT2D eigenvalue weighted by Gasteiger charge is 2.02. The lowest BCUT2D eigenvalue weighted by Crippen LogP contribution is -2.11. The van der Waals surface area contributed by atoms with Gasteiger partial charge in [-0.05, 0) is 37.6 Å². The number of anilines is 1. The number of nitrogens with two attached hydrogens (primary N) is 1. The SMILES string of the molecule is NCCCCCCC(=O)Nc1cccc(F)c1. The zero-order valence-corrected chi connectivity index (χ0v) is 9.92. The van der Waals surface area contributed by atoms with Crippen LogP contribution < -0.4 is 11.1 Å². The number of hydrogen-bond donors (Lipinski definition) is 2.